The number of nitrogens with one attached hydrogen (secondary N) is 2. The van der Waals surface area contributed by atoms with Gasteiger partial charge in [-0.3, -0.25) is 0 Å². The summed E-state index contributed by atoms with van der Waals surface area (Å²) in [6, 6.07) is -0.348. The molecule has 1 atom stereocenters. The molecule has 2 aliphatic rings. The molecule has 1 saturated carbocycles. The van der Waals surface area contributed by atoms with E-state index in [1.54, 1.807) is 0 Å². The van der Waals surface area contributed by atoms with E-state index in [1.807, 2.05) is 0 Å². The Morgan fingerprint density at radius 3 is 2.58 bits per heavy atom. The molecule has 0 heterocycles. The Kier molecular flexibility index (Phi) is 4.45. The number of aliphatic carboxylic acids is 1. The topological polar surface area (TPSA) is 78.4 Å². The van der Waals surface area contributed by atoms with E-state index >= 15 is 0 Å². The summed E-state index contributed by atoms with van der Waals surface area (Å²) in [4.78, 5) is 23.2. The van der Waals surface area contributed by atoms with Gasteiger partial charge in [-0.15, -0.1) is 0 Å². The van der Waals surface area contributed by atoms with Gasteiger partial charge in [-0.2, -0.15) is 0 Å². The highest BCUT2D eigenvalue weighted by atomic mass is 16.4. The lowest BCUT2D eigenvalue weighted by molar-refractivity contribution is -0.144. The lowest BCUT2D eigenvalue weighted by Crippen LogP contribution is -2.55. The summed E-state index contributed by atoms with van der Waals surface area (Å²) >= 11 is 0. The molecule has 0 bridgehead atoms. The largest absolute Gasteiger partial charge is 0.480 e. The summed E-state index contributed by atoms with van der Waals surface area (Å²) in [6.45, 7) is 0.617. The summed E-state index contributed by atoms with van der Waals surface area (Å²) in [5.41, 5.74) is -1.05. The van der Waals surface area contributed by atoms with Crippen LogP contribution in [0.1, 0.15) is 44.9 Å². The molecule has 0 aliphatic heterocycles. The van der Waals surface area contributed by atoms with Crippen LogP contribution in [0.25, 0.3) is 0 Å². The molecule has 5 heteroatoms. The van der Waals surface area contributed by atoms with Crippen LogP contribution in [0.3, 0.4) is 0 Å². The molecule has 106 valence electrons. The number of amides is 2. The van der Waals surface area contributed by atoms with Gasteiger partial charge in [0.2, 0.25) is 0 Å². The van der Waals surface area contributed by atoms with Gasteiger partial charge < -0.3 is 15.7 Å². The van der Waals surface area contributed by atoms with E-state index in [4.69, 9.17) is 0 Å². The average molecular weight is 266 g/mol. The number of hydrogen-bond acceptors (Lipinski definition) is 2. The molecule has 2 aliphatic carbocycles. The van der Waals surface area contributed by atoms with Gasteiger partial charge in [0.15, 0.2) is 0 Å². The molecular formula is C14H22N2O3. The predicted octanol–water partition coefficient (Wildman–Crippen LogP) is 2.04. The van der Waals surface area contributed by atoms with Gasteiger partial charge in [-0.05, 0) is 38.0 Å². The Balaban J connectivity index is 1.79. The van der Waals surface area contributed by atoms with Crippen LogP contribution in [-0.2, 0) is 4.79 Å². The van der Waals surface area contributed by atoms with E-state index in [1.165, 1.54) is 0 Å². The zero-order valence-corrected chi connectivity index (χ0v) is 11.2. The standard InChI is InChI=1S/C14H22N2O3/c17-12(18)14(8-4-5-9-14)16-13(19)15-10-11-6-2-1-3-7-11/h1-2,11H,3-10H2,(H,17,18)(H2,15,16,19). The Morgan fingerprint density at radius 2 is 2.00 bits per heavy atom. The molecule has 5 nitrogen and oxygen atoms in total. The highest BCUT2D eigenvalue weighted by Crippen LogP contribution is 2.29. The molecule has 2 amide bonds. The fourth-order valence-corrected chi connectivity index (χ4v) is 2.91. The third-order valence-corrected chi connectivity index (χ3v) is 4.15. The normalized spacial score (nSPS) is 24.9. The number of urea groups is 1. The zero-order valence-electron chi connectivity index (χ0n) is 11.2. The molecule has 0 radical (unpaired) electrons. The minimum atomic E-state index is -1.05. The van der Waals surface area contributed by atoms with Gasteiger partial charge in [0.25, 0.3) is 0 Å². The van der Waals surface area contributed by atoms with E-state index < -0.39 is 11.5 Å². The first-order chi connectivity index (χ1) is 9.12. The summed E-state index contributed by atoms with van der Waals surface area (Å²) in [5.74, 6) is -0.444. The van der Waals surface area contributed by atoms with E-state index in [-0.39, 0.29) is 6.03 Å². The molecule has 0 spiro atoms. The quantitative estimate of drug-likeness (QED) is 0.681. The molecule has 2 rings (SSSR count). The second-order valence-corrected chi connectivity index (χ2v) is 5.58. The highest BCUT2D eigenvalue weighted by molar-refractivity contribution is 5.86. The molecule has 19 heavy (non-hydrogen) atoms. The molecule has 1 unspecified atom stereocenters. The van der Waals surface area contributed by atoms with Crippen LogP contribution in [0.2, 0.25) is 0 Å². The van der Waals surface area contributed by atoms with Crippen molar-refractivity contribution in [1.82, 2.24) is 10.6 Å². The summed E-state index contributed by atoms with van der Waals surface area (Å²) in [7, 11) is 0. The van der Waals surface area contributed by atoms with E-state index in [9.17, 15) is 14.7 Å². The van der Waals surface area contributed by atoms with Gasteiger partial charge in [-0.25, -0.2) is 9.59 Å². The maximum atomic E-state index is 11.8. The maximum absolute atomic E-state index is 11.8. The van der Waals surface area contributed by atoms with Gasteiger partial charge in [0, 0.05) is 6.54 Å². The Morgan fingerprint density at radius 1 is 1.26 bits per heavy atom. The summed E-state index contributed by atoms with van der Waals surface area (Å²) in [5, 5.41) is 14.8. The first kappa shape index (κ1) is 13.9. The van der Waals surface area contributed by atoms with E-state index in [0.717, 1.165) is 32.1 Å². The van der Waals surface area contributed by atoms with Gasteiger partial charge in [-0.1, -0.05) is 25.0 Å². The van der Waals surface area contributed by atoms with Gasteiger partial charge >= 0.3 is 12.0 Å². The van der Waals surface area contributed by atoms with E-state index in [2.05, 4.69) is 22.8 Å². The number of carbonyl (C=O) groups is 2. The van der Waals surface area contributed by atoms with Crippen LogP contribution in [0.5, 0.6) is 0 Å². The third kappa shape index (κ3) is 3.49. The number of carboxylic acid groups (broad SMARTS) is 1. The fraction of sp³-hybridized carbons (Fsp3) is 0.714. The third-order valence-electron chi connectivity index (χ3n) is 4.15. The molecule has 3 N–H and O–H groups in total. The van der Waals surface area contributed by atoms with Crippen molar-refractivity contribution in [3.63, 3.8) is 0 Å². The molecular weight excluding hydrogens is 244 g/mol. The first-order valence-corrected chi connectivity index (χ1v) is 7.07. The number of carbonyl (C=O) groups excluding carboxylic acids is 1. The number of rotatable bonds is 4. The maximum Gasteiger partial charge on any atom is 0.329 e. The monoisotopic (exact) mass is 266 g/mol. The first-order valence-electron chi connectivity index (χ1n) is 7.07. The SMILES string of the molecule is O=C(NCC1CC=CCC1)NC1(C(=O)O)CCCC1. The van der Waals surface area contributed by atoms with Crippen LogP contribution in [-0.4, -0.2) is 29.2 Å². The Hall–Kier alpha value is -1.52. The Bertz CT molecular complexity index is 373. The van der Waals surface area contributed by atoms with Gasteiger partial charge in [0.1, 0.15) is 5.54 Å². The van der Waals surface area contributed by atoms with Crippen molar-refractivity contribution in [2.75, 3.05) is 6.54 Å². The second-order valence-electron chi connectivity index (χ2n) is 5.58. The Labute approximate surface area is 113 Å². The van der Waals surface area contributed by atoms with Crippen molar-refractivity contribution in [1.29, 1.82) is 0 Å². The zero-order chi connectivity index (χ0) is 13.7. The second kappa shape index (κ2) is 6.08. The summed E-state index contributed by atoms with van der Waals surface area (Å²) < 4.78 is 0. The highest BCUT2D eigenvalue weighted by Gasteiger charge is 2.42. The van der Waals surface area contributed by atoms with Crippen molar-refractivity contribution in [3.05, 3.63) is 12.2 Å². The van der Waals surface area contributed by atoms with Crippen LogP contribution in [0, 0.1) is 5.92 Å². The van der Waals surface area contributed by atoms with Gasteiger partial charge in [0.05, 0.1) is 0 Å². The van der Waals surface area contributed by atoms with Crippen LogP contribution >= 0.6 is 0 Å². The van der Waals surface area contributed by atoms with Crippen LogP contribution in [0.4, 0.5) is 4.79 Å². The lowest BCUT2D eigenvalue weighted by atomic mass is 9.94. The molecule has 1 fully saturated rings. The number of hydrogen-bond donors (Lipinski definition) is 3. The van der Waals surface area contributed by atoms with Crippen molar-refractivity contribution >= 4 is 12.0 Å². The predicted molar refractivity (Wildman–Crippen MR) is 71.9 cm³/mol. The number of carboxylic acids is 1. The van der Waals surface area contributed by atoms with Crippen LogP contribution < -0.4 is 10.6 Å². The number of allylic oxidation sites excluding steroid dienone is 2. The average Bonchev–Trinajstić information content (AvgIpc) is 2.87. The molecule has 0 saturated heterocycles. The molecule has 0 aromatic carbocycles. The minimum absolute atomic E-state index is 0.348. The van der Waals surface area contributed by atoms with Crippen molar-refractivity contribution < 1.29 is 14.7 Å². The fourth-order valence-electron chi connectivity index (χ4n) is 2.91. The van der Waals surface area contributed by atoms with E-state index in [0.29, 0.717) is 25.3 Å². The summed E-state index contributed by atoms with van der Waals surface area (Å²) in [6.07, 6.45) is 10.2. The smallest absolute Gasteiger partial charge is 0.329 e. The van der Waals surface area contributed by atoms with Crippen molar-refractivity contribution in [3.8, 4) is 0 Å². The van der Waals surface area contributed by atoms with Crippen molar-refractivity contribution in [2.24, 2.45) is 5.92 Å². The van der Waals surface area contributed by atoms with Crippen molar-refractivity contribution in [2.45, 2.75) is 50.5 Å². The molecule has 0 aromatic rings. The minimum Gasteiger partial charge on any atom is -0.480 e. The lowest BCUT2D eigenvalue weighted by Gasteiger charge is -2.26. The molecule has 0 aromatic heterocycles. The van der Waals surface area contributed by atoms with Crippen LogP contribution in [0.15, 0.2) is 12.2 Å².